The molecular formula is C14H26N2O3S. The summed E-state index contributed by atoms with van der Waals surface area (Å²) in [6, 6.07) is 0.562. The standard InChI is InChI=1S/C14H26N2O3S/c1-2-20(17,18)16-9-5-14(6-10-16)11-13(12-19-14)15-7-3-4-8-15/h13H,2-12H2,1H3/t13-/m0/s1. The fraction of sp³-hybridized carbons (Fsp3) is 1.00. The summed E-state index contributed by atoms with van der Waals surface area (Å²) in [6.07, 6.45) is 5.43. The van der Waals surface area contributed by atoms with E-state index in [0.717, 1.165) is 25.9 Å². The topological polar surface area (TPSA) is 49.9 Å². The lowest BCUT2D eigenvalue weighted by molar-refractivity contribution is -0.0316. The number of ether oxygens (including phenoxy) is 1. The third-order valence-corrected chi connectivity index (χ3v) is 7.12. The van der Waals surface area contributed by atoms with Gasteiger partial charge in [0.2, 0.25) is 10.0 Å². The van der Waals surface area contributed by atoms with Crippen LogP contribution in [-0.4, -0.2) is 67.8 Å². The van der Waals surface area contributed by atoms with Gasteiger partial charge in [-0.15, -0.1) is 0 Å². The van der Waals surface area contributed by atoms with Crippen LogP contribution in [0, 0.1) is 0 Å². The lowest BCUT2D eigenvalue weighted by atomic mass is 9.88. The van der Waals surface area contributed by atoms with Crippen molar-refractivity contribution in [3.8, 4) is 0 Å². The maximum Gasteiger partial charge on any atom is 0.213 e. The molecule has 0 aromatic carbocycles. The summed E-state index contributed by atoms with van der Waals surface area (Å²) in [5, 5.41) is 0. The molecular weight excluding hydrogens is 276 g/mol. The van der Waals surface area contributed by atoms with Gasteiger partial charge in [0, 0.05) is 19.1 Å². The van der Waals surface area contributed by atoms with Crippen LogP contribution in [0.4, 0.5) is 0 Å². The van der Waals surface area contributed by atoms with Crippen LogP contribution in [0.1, 0.15) is 39.0 Å². The smallest absolute Gasteiger partial charge is 0.213 e. The van der Waals surface area contributed by atoms with Gasteiger partial charge in [0.05, 0.1) is 18.0 Å². The lowest BCUT2D eigenvalue weighted by Crippen LogP contribution is -2.47. The Kier molecular flexibility index (Phi) is 4.10. The predicted molar refractivity (Wildman–Crippen MR) is 78.2 cm³/mol. The molecule has 1 atom stereocenters. The van der Waals surface area contributed by atoms with Gasteiger partial charge in [0.25, 0.3) is 0 Å². The van der Waals surface area contributed by atoms with Crippen LogP contribution in [0.15, 0.2) is 0 Å². The van der Waals surface area contributed by atoms with Crippen LogP contribution >= 0.6 is 0 Å². The Hall–Kier alpha value is -0.170. The summed E-state index contributed by atoms with van der Waals surface area (Å²) in [5.74, 6) is 0.206. The van der Waals surface area contributed by atoms with Crippen LogP contribution in [0.3, 0.4) is 0 Å². The van der Waals surface area contributed by atoms with Gasteiger partial charge in [-0.1, -0.05) is 0 Å². The Balaban J connectivity index is 1.58. The zero-order valence-corrected chi connectivity index (χ0v) is 13.2. The molecule has 5 nitrogen and oxygen atoms in total. The van der Waals surface area contributed by atoms with Crippen molar-refractivity contribution in [3.63, 3.8) is 0 Å². The Morgan fingerprint density at radius 1 is 1.15 bits per heavy atom. The van der Waals surface area contributed by atoms with E-state index in [9.17, 15) is 8.42 Å². The second-order valence-electron chi connectivity index (χ2n) is 6.39. The molecule has 0 unspecified atom stereocenters. The molecule has 3 heterocycles. The van der Waals surface area contributed by atoms with Gasteiger partial charge in [0.15, 0.2) is 0 Å². The van der Waals surface area contributed by atoms with Crippen molar-refractivity contribution in [3.05, 3.63) is 0 Å². The van der Waals surface area contributed by atoms with E-state index in [2.05, 4.69) is 4.90 Å². The second kappa shape index (κ2) is 5.55. The number of sulfonamides is 1. The summed E-state index contributed by atoms with van der Waals surface area (Å²) in [5.41, 5.74) is -0.0486. The molecule has 3 aliphatic heterocycles. The molecule has 3 rings (SSSR count). The molecule has 0 aromatic heterocycles. The number of likely N-dealkylation sites (tertiary alicyclic amines) is 1. The first kappa shape index (κ1) is 14.8. The molecule has 6 heteroatoms. The van der Waals surface area contributed by atoms with Crippen molar-refractivity contribution in [1.82, 2.24) is 9.21 Å². The Morgan fingerprint density at radius 2 is 1.80 bits per heavy atom. The molecule has 3 saturated heterocycles. The van der Waals surface area contributed by atoms with Crippen LogP contribution in [-0.2, 0) is 14.8 Å². The fourth-order valence-corrected chi connectivity index (χ4v) is 4.97. The van der Waals surface area contributed by atoms with Crippen molar-refractivity contribution in [2.45, 2.75) is 50.7 Å². The van der Waals surface area contributed by atoms with E-state index >= 15 is 0 Å². The molecule has 0 aromatic rings. The first-order chi connectivity index (χ1) is 9.55. The maximum atomic E-state index is 11.9. The highest BCUT2D eigenvalue weighted by Gasteiger charge is 2.45. The zero-order chi connectivity index (χ0) is 14.2. The van der Waals surface area contributed by atoms with Gasteiger partial charge >= 0.3 is 0 Å². The van der Waals surface area contributed by atoms with Crippen LogP contribution in [0.5, 0.6) is 0 Å². The average Bonchev–Trinajstić information content (AvgIpc) is 3.09. The Labute approximate surface area is 122 Å². The van der Waals surface area contributed by atoms with Gasteiger partial charge in [0.1, 0.15) is 0 Å². The highest BCUT2D eigenvalue weighted by atomic mass is 32.2. The first-order valence-electron chi connectivity index (χ1n) is 7.90. The van der Waals surface area contributed by atoms with Gasteiger partial charge in [-0.25, -0.2) is 12.7 Å². The van der Waals surface area contributed by atoms with Crippen molar-refractivity contribution in [2.75, 3.05) is 38.5 Å². The second-order valence-corrected chi connectivity index (χ2v) is 8.65. The van der Waals surface area contributed by atoms with E-state index in [1.54, 1.807) is 11.2 Å². The van der Waals surface area contributed by atoms with E-state index < -0.39 is 10.0 Å². The van der Waals surface area contributed by atoms with E-state index in [0.29, 0.717) is 19.1 Å². The molecule has 0 aliphatic carbocycles. The minimum atomic E-state index is -3.03. The average molecular weight is 302 g/mol. The molecule has 0 bridgehead atoms. The SMILES string of the molecule is CCS(=O)(=O)N1CCC2(CC1)C[C@H](N1CCCC1)CO2. The van der Waals surface area contributed by atoms with Gasteiger partial charge in [-0.05, 0) is 52.1 Å². The van der Waals surface area contributed by atoms with Crippen molar-refractivity contribution in [1.29, 1.82) is 0 Å². The molecule has 1 spiro atoms. The van der Waals surface area contributed by atoms with Crippen LogP contribution in [0.2, 0.25) is 0 Å². The summed E-state index contributed by atoms with van der Waals surface area (Å²) < 4.78 is 31.6. The van der Waals surface area contributed by atoms with Crippen LogP contribution in [0.25, 0.3) is 0 Å². The van der Waals surface area contributed by atoms with E-state index in [1.807, 2.05) is 0 Å². The van der Waals surface area contributed by atoms with E-state index in [1.165, 1.54) is 25.9 Å². The molecule has 116 valence electrons. The third kappa shape index (κ3) is 2.75. The number of hydrogen-bond acceptors (Lipinski definition) is 4. The molecule has 0 radical (unpaired) electrons. The monoisotopic (exact) mass is 302 g/mol. The zero-order valence-electron chi connectivity index (χ0n) is 12.4. The normalized spacial score (nSPS) is 32.1. The Bertz CT molecular complexity index is 437. The van der Waals surface area contributed by atoms with Gasteiger partial charge < -0.3 is 4.74 Å². The third-order valence-electron chi connectivity index (χ3n) is 5.24. The summed E-state index contributed by atoms with van der Waals surface area (Å²) in [7, 11) is -3.03. The number of hydrogen-bond donors (Lipinski definition) is 0. The summed E-state index contributed by atoms with van der Waals surface area (Å²) in [4.78, 5) is 2.56. The molecule has 3 fully saturated rings. The first-order valence-corrected chi connectivity index (χ1v) is 9.51. The lowest BCUT2D eigenvalue weighted by Gasteiger charge is -2.38. The molecule has 0 N–H and O–H groups in total. The molecule has 3 aliphatic rings. The minimum absolute atomic E-state index is 0.0486. The molecule has 0 saturated carbocycles. The van der Waals surface area contributed by atoms with Crippen LogP contribution < -0.4 is 0 Å². The Morgan fingerprint density at radius 3 is 2.40 bits per heavy atom. The molecule has 20 heavy (non-hydrogen) atoms. The maximum absolute atomic E-state index is 11.9. The predicted octanol–water partition coefficient (Wildman–Crippen LogP) is 1.06. The fourth-order valence-electron chi connectivity index (χ4n) is 3.86. The highest BCUT2D eigenvalue weighted by Crippen LogP contribution is 2.38. The largest absolute Gasteiger partial charge is 0.373 e. The summed E-state index contributed by atoms with van der Waals surface area (Å²) in [6.45, 7) is 6.22. The van der Waals surface area contributed by atoms with Crippen molar-refractivity contribution in [2.24, 2.45) is 0 Å². The minimum Gasteiger partial charge on any atom is -0.373 e. The number of rotatable bonds is 3. The van der Waals surface area contributed by atoms with Crippen molar-refractivity contribution >= 4 is 10.0 Å². The van der Waals surface area contributed by atoms with Gasteiger partial charge in [-0.3, -0.25) is 4.90 Å². The quantitative estimate of drug-likeness (QED) is 0.782. The highest BCUT2D eigenvalue weighted by molar-refractivity contribution is 7.89. The van der Waals surface area contributed by atoms with Crippen molar-refractivity contribution < 1.29 is 13.2 Å². The van der Waals surface area contributed by atoms with Gasteiger partial charge in [-0.2, -0.15) is 0 Å². The number of nitrogens with zero attached hydrogens (tertiary/aromatic N) is 2. The number of piperidine rings is 1. The van der Waals surface area contributed by atoms with E-state index in [-0.39, 0.29) is 11.4 Å². The van der Waals surface area contributed by atoms with E-state index in [4.69, 9.17) is 4.74 Å². The molecule has 0 amide bonds. The summed E-state index contributed by atoms with van der Waals surface area (Å²) >= 11 is 0.